The molecule has 6 aromatic carbocycles. The van der Waals surface area contributed by atoms with Gasteiger partial charge in [0.15, 0.2) is 19.7 Å². The molecular formula is C58H60Cl2N6O8S2. The lowest BCUT2D eigenvalue weighted by Crippen LogP contribution is -2.17. The van der Waals surface area contributed by atoms with Crippen molar-refractivity contribution in [2.24, 2.45) is 23.3 Å². The van der Waals surface area contributed by atoms with Crippen molar-refractivity contribution < 1.29 is 35.9 Å². The number of sulfone groups is 2. The Hall–Kier alpha value is -6.72. The maximum atomic E-state index is 12.7. The Balaban J connectivity index is 0.000000186. The number of amides is 2. The number of fused-ring (bicyclic) bond motifs is 2. The van der Waals surface area contributed by atoms with Crippen molar-refractivity contribution in [1.29, 1.82) is 0 Å². The molecule has 396 valence electrons. The third kappa shape index (κ3) is 12.9. The highest BCUT2D eigenvalue weighted by molar-refractivity contribution is 7.91. The van der Waals surface area contributed by atoms with Crippen molar-refractivity contribution in [3.63, 3.8) is 0 Å². The molecule has 76 heavy (non-hydrogen) atoms. The zero-order valence-corrected chi connectivity index (χ0v) is 45.7. The van der Waals surface area contributed by atoms with E-state index >= 15 is 0 Å². The van der Waals surface area contributed by atoms with E-state index < -0.39 is 43.3 Å². The molecule has 2 saturated carbocycles. The summed E-state index contributed by atoms with van der Waals surface area (Å²) in [4.78, 5) is 40.7. The van der Waals surface area contributed by atoms with E-state index in [1.54, 1.807) is 48.5 Å². The van der Waals surface area contributed by atoms with Crippen molar-refractivity contribution in [2.75, 3.05) is 11.5 Å². The Bertz CT molecular complexity index is 3430. The first-order valence-electron chi connectivity index (χ1n) is 25.3. The quantitative estimate of drug-likeness (QED) is 0.0564. The van der Waals surface area contributed by atoms with Gasteiger partial charge in [-0.2, -0.15) is 0 Å². The van der Waals surface area contributed by atoms with Gasteiger partial charge in [0.05, 0.1) is 77.5 Å². The molecule has 18 heteroatoms. The average molecular weight is 1100 g/mol. The van der Waals surface area contributed by atoms with Crippen LogP contribution in [0.25, 0.3) is 44.3 Å². The lowest BCUT2D eigenvalue weighted by molar-refractivity contribution is -0.119. The van der Waals surface area contributed by atoms with Crippen LogP contribution in [0, 0.1) is 11.8 Å². The number of para-hydroxylation sites is 2. The summed E-state index contributed by atoms with van der Waals surface area (Å²) in [6, 6.07) is 36.2. The van der Waals surface area contributed by atoms with E-state index in [4.69, 9.17) is 54.1 Å². The molecule has 0 aliphatic heterocycles. The van der Waals surface area contributed by atoms with E-state index in [0.717, 1.165) is 70.6 Å². The van der Waals surface area contributed by atoms with Gasteiger partial charge in [0.2, 0.25) is 11.8 Å². The molecule has 0 unspecified atom stereocenters. The minimum atomic E-state index is -3.33. The van der Waals surface area contributed by atoms with Gasteiger partial charge in [-0.15, -0.1) is 0 Å². The highest BCUT2D eigenvalue weighted by Crippen LogP contribution is 2.41. The topological polar surface area (TPSA) is 230 Å². The number of primary amides is 2. The Morgan fingerprint density at radius 1 is 0.553 bits per heavy atom. The number of H-pyrrole nitrogens is 2. The number of aromatic nitrogens is 4. The summed E-state index contributed by atoms with van der Waals surface area (Å²) in [7, 11) is -6.67. The molecular weight excluding hydrogens is 1040 g/mol. The van der Waals surface area contributed by atoms with Gasteiger partial charge in [0.25, 0.3) is 0 Å². The summed E-state index contributed by atoms with van der Waals surface area (Å²) >= 11 is 13.4. The predicted octanol–water partition coefficient (Wildman–Crippen LogP) is 11.7. The summed E-state index contributed by atoms with van der Waals surface area (Å²) in [5, 5.41) is 1.06. The highest BCUT2D eigenvalue weighted by Gasteiger charge is 2.31. The second-order valence-electron chi connectivity index (χ2n) is 20.3. The molecule has 6 N–H and O–H groups in total. The van der Waals surface area contributed by atoms with Gasteiger partial charge in [-0.1, -0.05) is 83.9 Å². The number of aromatic amines is 2. The van der Waals surface area contributed by atoms with Crippen LogP contribution >= 0.6 is 23.2 Å². The molecule has 2 atom stereocenters. The molecule has 8 aromatic rings. The second kappa shape index (κ2) is 22.5. The molecule has 0 bridgehead atoms. The van der Waals surface area contributed by atoms with Crippen molar-refractivity contribution in [3.8, 4) is 33.8 Å². The second-order valence-corrected chi connectivity index (χ2v) is 25.2. The largest absolute Gasteiger partial charge is 0.490 e. The highest BCUT2D eigenvalue weighted by atomic mass is 35.5. The van der Waals surface area contributed by atoms with Crippen molar-refractivity contribution in [3.05, 3.63) is 154 Å². The summed E-state index contributed by atoms with van der Waals surface area (Å²) < 4.78 is 62.7. The Kier molecular flexibility index (Phi) is 16.0. The number of ether oxygens (including phenoxy) is 2. The number of benzene rings is 6. The number of nitrogens with one attached hydrogen (secondary N) is 2. The monoisotopic (exact) mass is 1100 g/mol. The predicted molar refractivity (Wildman–Crippen MR) is 298 cm³/mol. The lowest BCUT2D eigenvalue weighted by atomic mass is 9.95. The van der Waals surface area contributed by atoms with Crippen LogP contribution in [-0.4, -0.2) is 72.3 Å². The van der Waals surface area contributed by atoms with E-state index in [2.05, 4.69) is 9.97 Å². The van der Waals surface area contributed by atoms with Gasteiger partial charge in [0, 0.05) is 35.1 Å². The van der Waals surface area contributed by atoms with E-state index in [1.807, 2.05) is 100 Å². The number of rotatable bonds is 20. The first-order chi connectivity index (χ1) is 36.2. The Labute approximate surface area is 452 Å². The van der Waals surface area contributed by atoms with Crippen LogP contribution in [0.1, 0.15) is 101 Å². The third-order valence-electron chi connectivity index (χ3n) is 13.3. The summed E-state index contributed by atoms with van der Waals surface area (Å²) in [6.07, 6.45) is 3.89. The molecule has 2 heterocycles. The molecule has 2 aliphatic carbocycles. The molecule has 0 saturated heterocycles. The molecule has 10 rings (SSSR count). The van der Waals surface area contributed by atoms with E-state index in [0.29, 0.717) is 43.8 Å². The Morgan fingerprint density at radius 3 is 1.24 bits per heavy atom. The van der Waals surface area contributed by atoms with Crippen molar-refractivity contribution in [2.45, 2.75) is 100 Å². The molecule has 2 amide bonds. The number of carbonyl (C=O) groups excluding carboxylic acids is 2. The average Bonchev–Trinajstić information content (AvgIpc) is 4.29. The van der Waals surface area contributed by atoms with E-state index in [1.165, 1.54) is 0 Å². The smallest absolute Gasteiger partial charge is 0.218 e. The summed E-state index contributed by atoms with van der Waals surface area (Å²) in [5.74, 6) is 1.50. The van der Waals surface area contributed by atoms with Crippen LogP contribution in [0.4, 0.5) is 0 Å². The fraction of sp³-hybridized carbons (Fsp3) is 0.310. The zero-order valence-electron chi connectivity index (χ0n) is 42.6. The summed E-state index contributed by atoms with van der Waals surface area (Å²) in [6.45, 7) is 7.87. The first kappa shape index (κ1) is 54.1. The SMILES string of the molecule is CC(C)Oc1ccccc1-c1cc2nc([C@@H](CC(N)=O)c3ccc(S(=O)(=O)CC4CC4)cc3)[nH]c2cc1Cl.CC(C)Oc1ccccc1-c1cc2nc([C@H](CC(N)=O)c3ccc(S(=O)(=O)CC4CC4)cc3)[nH]c2cc1Cl. The van der Waals surface area contributed by atoms with Crippen LogP contribution in [0.3, 0.4) is 0 Å². The van der Waals surface area contributed by atoms with Gasteiger partial charge < -0.3 is 30.9 Å². The van der Waals surface area contributed by atoms with Crippen molar-refractivity contribution >= 4 is 76.8 Å². The third-order valence-corrected chi connectivity index (χ3v) is 17.7. The number of hydrogen-bond donors (Lipinski definition) is 4. The summed E-state index contributed by atoms with van der Waals surface area (Å²) in [5.41, 5.74) is 18.7. The van der Waals surface area contributed by atoms with Crippen LogP contribution < -0.4 is 20.9 Å². The molecule has 2 aliphatic rings. The molecule has 14 nitrogen and oxygen atoms in total. The first-order valence-corrected chi connectivity index (χ1v) is 29.4. The zero-order chi connectivity index (χ0) is 54.1. The number of halogens is 2. The molecule has 2 aromatic heterocycles. The lowest BCUT2D eigenvalue weighted by Gasteiger charge is -2.15. The van der Waals surface area contributed by atoms with E-state index in [9.17, 15) is 26.4 Å². The van der Waals surface area contributed by atoms with Gasteiger partial charge in [-0.3, -0.25) is 9.59 Å². The van der Waals surface area contributed by atoms with Crippen molar-refractivity contribution in [1.82, 2.24) is 19.9 Å². The van der Waals surface area contributed by atoms with E-state index in [-0.39, 0.29) is 58.2 Å². The molecule has 0 spiro atoms. The minimum absolute atomic E-state index is 0.000262. The van der Waals surface area contributed by atoms with Crippen LogP contribution in [0.15, 0.2) is 131 Å². The minimum Gasteiger partial charge on any atom is -0.490 e. The van der Waals surface area contributed by atoms with Gasteiger partial charge in [0.1, 0.15) is 23.1 Å². The van der Waals surface area contributed by atoms with Gasteiger partial charge >= 0.3 is 0 Å². The van der Waals surface area contributed by atoms with Gasteiger partial charge in [-0.25, -0.2) is 26.8 Å². The van der Waals surface area contributed by atoms with Crippen LogP contribution in [-0.2, 0) is 29.3 Å². The fourth-order valence-electron chi connectivity index (χ4n) is 9.28. The normalized spacial score (nSPS) is 14.6. The molecule has 2 fully saturated rings. The van der Waals surface area contributed by atoms with Crippen LogP contribution in [0.2, 0.25) is 10.0 Å². The maximum Gasteiger partial charge on any atom is 0.218 e. The number of nitrogens with zero attached hydrogens (tertiary/aromatic N) is 2. The fourth-order valence-corrected chi connectivity index (χ4v) is 13.2. The number of hydrogen-bond acceptors (Lipinski definition) is 10. The van der Waals surface area contributed by atoms with Gasteiger partial charge in [-0.05, 0) is 137 Å². The standard InChI is InChI=1S/2C29H30ClN3O4S/c2*1-17(2)37-27-6-4-3-5-21(27)23-13-25-26(15-24(23)30)33-29(32-25)22(14-28(31)34)19-9-11-20(12-10-19)38(35,36)16-18-7-8-18/h2*3-6,9-13,15,17-18,22H,7-8,14,16H2,1-2H3,(H2,31,34)(H,32,33)/t2*22-/m10/s1. The number of nitrogens with two attached hydrogens (primary N) is 2. The Morgan fingerprint density at radius 2 is 0.908 bits per heavy atom. The van der Waals surface area contributed by atoms with Crippen LogP contribution in [0.5, 0.6) is 11.5 Å². The number of imidazole rings is 2. The molecule has 0 radical (unpaired) electrons. The maximum absolute atomic E-state index is 12.7. The number of carbonyl (C=O) groups is 2.